The SMILES string of the molecule is CN1c2cc3c(cc2C(CS(=O)(=O)O)=CC1(C)C)C1(OC(=O)c2c(Cl)c(Cl)c(SCC(=O)NC(C)(C)SS)c(Cl)c21)c1cc2c4c(c1O3)CCCN4C(C)(C)C=C2CS(=O)(=O)O. The van der Waals surface area contributed by atoms with Crippen molar-refractivity contribution in [2.45, 2.75) is 80.8 Å². The fraction of sp³-hybridized carbons (Fsp3) is 0.415. The van der Waals surface area contributed by atoms with Gasteiger partial charge in [-0.05, 0) is 77.7 Å². The second kappa shape index (κ2) is 15.1. The number of thioether (sulfide) groups is 1. The number of hydrogen-bond donors (Lipinski definition) is 4. The van der Waals surface area contributed by atoms with Crippen molar-refractivity contribution in [1.29, 1.82) is 0 Å². The van der Waals surface area contributed by atoms with Crippen LogP contribution in [0, 0.1) is 0 Å². The van der Waals surface area contributed by atoms with Crippen molar-refractivity contribution in [3.8, 4) is 11.5 Å². The molecule has 62 heavy (non-hydrogen) atoms. The Bertz CT molecular complexity index is 2850. The van der Waals surface area contributed by atoms with Gasteiger partial charge in [0, 0.05) is 63.6 Å². The average Bonchev–Trinajstić information content (AvgIpc) is 3.46. The number of carbonyl (C=O) groups is 2. The number of fused-ring (bicyclic) bond motifs is 8. The van der Waals surface area contributed by atoms with Crippen molar-refractivity contribution in [1.82, 2.24) is 5.32 Å². The van der Waals surface area contributed by atoms with E-state index in [1.54, 1.807) is 44.2 Å². The van der Waals surface area contributed by atoms with Crippen molar-refractivity contribution < 1.29 is 45.0 Å². The zero-order valence-electron chi connectivity index (χ0n) is 34.4. The fourth-order valence-electron chi connectivity index (χ4n) is 9.26. The van der Waals surface area contributed by atoms with Crippen LogP contribution in [0.25, 0.3) is 11.1 Å². The van der Waals surface area contributed by atoms with E-state index in [1.165, 1.54) is 0 Å². The van der Waals surface area contributed by atoms with Gasteiger partial charge >= 0.3 is 5.97 Å². The molecule has 0 saturated carbocycles. The normalized spacial score (nSPS) is 20.6. The largest absolute Gasteiger partial charge is 0.456 e. The number of rotatable bonds is 9. The van der Waals surface area contributed by atoms with Crippen LogP contribution in [0.2, 0.25) is 15.1 Å². The molecule has 13 nitrogen and oxygen atoms in total. The number of thiol groups is 1. The summed E-state index contributed by atoms with van der Waals surface area (Å²) in [6.07, 6.45) is 4.66. The predicted octanol–water partition coefficient (Wildman–Crippen LogP) is 9.05. The molecule has 3 aromatic rings. The van der Waals surface area contributed by atoms with Crippen LogP contribution in [-0.4, -0.2) is 84.6 Å². The summed E-state index contributed by atoms with van der Waals surface area (Å²) in [6, 6.07) is 5.06. The Hall–Kier alpha value is -2.78. The van der Waals surface area contributed by atoms with Crippen LogP contribution in [0.1, 0.15) is 91.7 Å². The van der Waals surface area contributed by atoms with E-state index in [9.17, 15) is 35.5 Å². The van der Waals surface area contributed by atoms with Gasteiger partial charge in [-0.2, -0.15) is 16.8 Å². The molecule has 1 atom stereocenters. The number of hydrogen-bond acceptors (Lipinski definition) is 13. The number of carbonyl (C=O) groups excluding carboxylic acids is 2. The van der Waals surface area contributed by atoms with Gasteiger partial charge in [-0.25, -0.2) is 4.79 Å². The molecule has 332 valence electrons. The third kappa shape index (κ3) is 7.51. The Morgan fingerprint density at radius 1 is 0.935 bits per heavy atom. The monoisotopic (exact) mass is 1000 g/mol. The molecule has 0 radical (unpaired) electrons. The van der Waals surface area contributed by atoms with Gasteiger partial charge in [0.1, 0.15) is 23.0 Å². The topological polar surface area (TPSA) is 180 Å². The van der Waals surface area contributed by atoms with Gasteiger partial charge < -0.3 is 24.6 Å². The van der Waals surface area contributed by atoms with Crippen LogP contribution in [0.3, 0.4) is 0 Å². The van der Waals surface area contributed by atoms with Gasteiger partial charge in [-0.15, -0.1) is 23.4 Å². The number of amides is 1. The van der Waals surface area contributed by atoms with Crippen molar-refractivity contribution in [2.75, 3.05) is 40.7 Å². The minimum atomic E-state index is -4.57. The minimum absolute atomic E-state index is 0.0628. The number of nitrogens with one attached hydrogen (secondary N) is 1. The first-order valence-electron chi connectivity index (χ1n) is 19.2. The molecule has 1 unspecified atom stereocenters. The number of halogens is 3. The molecule has 3 N–H and O–H groups in total. The van der Waals surface area contributed by atoms with E-state index in [2.05, 4.69) is 21.9 Å². The van der Waals surface area contributed by atoms with Gasteiger partial charge in [0.25, 0.3) is 20.2 Å². The fourth-order valence-corrected chi connectivity index (χ4v) is 12.8. The lowest BCUT2D eigenvalue weighted by molar-refractivity contribution is -0.119. The number of likely N-dealkylation sites (N-methyl/N-ethyl adjacent to an activating group) is 1. The Morgan fingerprint density at radius 3 is 2.18 bits per heavy atom. The lowest BCUT2D eigenvalue weighted by Crippen LogP contribution is -2.48. The third-order valence-corrected chi connectivity index (χ3v) is 17.8. The molecule has 1 spiro atoms. The lowest BCUT2D eigenvalue weighted by atomic mass is 9.72. The third-order valence-electron chi connectivity index (χ3n) is 11.9. The average molecular weight is 1000 g/mol. The molecule has 1 amide bonds. The summed E-state index contributed by atoms with van der Waals surface area (Å²) in [4.78, 5) is 31.3. The van der Waals surface area contributed by atoms with Crippen molar-refractivity contribution in [3.05, 3.63) is 84.4 Å². The summed E-state index contributed by atoms with van der Waals surface area (Å²) >= 11 is 26.7. The van der Waals surface area contributed by atoms with Gasteiger partial charge in [0.2, 0.25) is 5.91 Å². The highest BCUT2D eigenvalue weighted by molar-refractivity contribution is 8.69. The zero-order valence-corrected chi connectivity index (χ0v) is 40.8. The minimum Gasteiger partial charge on any atom is -0.456 e. The van der Waals surface area contributed by atoms with Crippen LogP contribution in [0.4, 0.5) is 11.4 Å². The van der Waals surface area contributed by atoms with Crippen molar-refractivity contribution in [3.63, 3.8) is 0 Å². The zero-order chi connectivity index (χ0) is 45.4. The molecule has 0 aromatic heterocycles. The summed E-state index contributed by atoms with van der Waals surface area (Å²) in [7, 11) is -6.15. The van der Waals surface area contributed by atoms with Gasteiger partial charge in [0.15, 0.2) is 5.60 Å². The van der Waals surface area contributed by atoms with E-state index < -0.39 is 59.3 Å². The van der Waals surface area contributed by atoms with Crippen LogP contribution >= 0.6 is 69.0 Å². The van der Waals surface area contributed by atoms with E-state index in [1.807, 2.05) is 39.6 Å². The summed E-state index contributed by atoms with van der Waals surface area (Å²) < 4.78 is 84.4. The second-order valence-electron chi connectivity index (χ2n) is 17.5. The molecule has 8 rings (SSSR count). The Balaban J connectivity index is 1.47. The molecule has 0 bridgehead atoms. The molecule has 5 heterocycles. The Labute approximate surface area is 388 Å². The molecule has 5 aliphatic rings. The standard InChI is InChI=1S/C41H42Cl3N3O10S5/c1-38(2)14-19(17-61(50,51)52)22-11-24-27(13-26(22)46(38)7)56-35-21-9-8-10-47-34(21)23(20(15-39(47,3)4)18-62(53,54)55)12-25(35)41(24)30-29(37(49)57-41)31(42)33(44)36(32(30)43)59-16-28(48)45-40(5,6)60-58/h11-15,58H,8-10,16-18H2,1-7H3,(H,45,48)(H,50,51,52)(H,53,54,55). The molecule has 3 aromatic carbocycles. The van der Waals surface area contributed by atoms with Crippen LogP contribution in [0.5, 0.6) is 11.5 Å². The molecule has 0 saturated heterocycles. The molecule has 5 aliphatic heterocycles. The smallest absolute Gasteiger partial charge is 0.341 e. The summed E-state index contributed by atoms with van der Waals surface area (Å²) in [5.41, 5.74) is 0.263. The number of benzene rings is 3. The van der Waals surface area contributed by atoms with Gasteiger partial charge in [0.05, 0.1) is 48.0 Å². The first-order valence-corrected chi connectivity index (χ1v) is 26.4. The van der Waals surface area contributed by atoms with Crippen LogP contribution in [0.15, 0.2) is 35.2 Å². The highest BCUT2D eigenvalue weighted by Gasteiger charge is 2.58. The number of ether oxygens (including phenoxy) is 2. The number of esters is 1. The Kier molecular flexibility index (Phi) is 11.2. The van der Waals surface area contributed by atoms with Gasteiger partial charge in [-0.1, -0.05) is 57.7 Å². The first-order chi connectivity index (χ1) is 28.6. The molecular weight excluding hydrogens is 961 g/mol. The van der Waals surface area contributed by atoms with Crippen LogP contribution in [-0.2, 0) is 41.8 Å². The molecule has 21 heteroatoms. The van der Waals surface area contributed by atoms with E-state index in [0.717, 1.165) is 22.6 Å². The highest BCUT2D eigenvalue weighted by atomic mass is 35.5. The Morgan fingerprint density at radius 2 is 1.55 bits per heavy atom. The predicted molar refractivity (Wildman–Crippen MR) is 250 cm³/mol. The molecule has 0 aliphatic carbocycles. The summed E-state index contributed by atoms with van der Waals surface area (Å²) in [5, 5.41) is 2.53. The summed E-state index contributed by atoms with van der Waals surface area (Å²) in [5.74, 6) is -2.35. The van der Waals surface area contributed by atoms with Crippen molar-refractivity contribution in [2.24, 2.45) is 0 Å². The number of nitrogens with zero attached hydrogens (tertiary/aromatic N) is 2. The van der Waals surface area contributed by atoms with E-state index in [4.69, 9.17) is 44.3 Å². The van der Waals surface area contributed by atoms with Crippen LogP contribution < -0.4 is 19.9 Å². The highest BCUT2D eigenvalue weighted by Crippen LogP contribution is 2.64. The maximum absolute atomic E-state index is 14.6. The van der Waals surface area contributed by atoms with Gasteiger partial charge in [-0.3, -0.25) is 13.9 Å². The van der Waals surface area contributed by atoms with E-state index in [-0.39, 0.29) is 65.2 Å². The van der Waals surface area contributed by atoms with E-state index >= 15 is 0 Å². The molecular formula is C41H42Cl3N3O10S5. The maximum atomic E-state index is 14.6. The lowest BCUT2D eigenvalue weighted by Gasteiger charge is -2.49. The maximum Gasteiger partial charge on any atom is 0.341 e. The first kappa shape index (κ1) is 45.8. The molecule has 0 fully saturated rings. The summed E-state index contributed by atoms with van der Waals surface area (Å²) in [6.45, 7) is 11.9. The number of anilines is 2. The second-order valence-corrected chi connectivity index (χ2v) is 24.3. The van der Waals surface area contributed by atoms with Crippen molar-refractivity contribution >= 4 is 124 Å². The quantitative estimate of drug-likeness (QED) is 0.0303. The van der Waals surface area contributed by atoms with E-state index in [0.29, 0.717) is 58.8 Å².